The molecule has 5 heteroatoms. The molecule has 0 aliphatic rings. The van der Waals surface area contributed by atoms with Crippen LogP contribution in [0.1, 0.15) is 36.9 Å². The Morgan fingerprint density at radius 1 is 1.15 bits per heavy atom. The van der Waals surface area contributed by atoms with Crippen molar-refractivity contribution in [3.05, 3.63) is 76.1 Å². The Labute approximate surface area is 152 Å². The summed E-state index contributed by atoms with van der Waals surface area (Å²) in [6, 6.07) is 15.5. The number of hydrogen-bond acceptors (Lipinski definition) is 3. The van der Waals surface area contributed by atoms with Gasteiger partial charge in [0.1, 0.15) is 0 Å². The van der Waals surface area contributed by atoms with E-state index in [2.05, 4.69) is 41.6 Å². The van der Waals surface area contributed by atoms with E-state index >= 15 is 0 Å². The molecule has 0 saturated carbocycles. The van der Waals surface area contributed by atoms with Gasteiger partial charge in [-0.3, -0.25) is 14.3 Å². The van der Waals surface area contributed by atoms with Crippen molar-refractivity contribution in [3.63, 3.8) is 0 Å². The van der Waals surface area contributed by atoms with Crippen LogP contribution in [-0.2, 0) is 11.3 Å². The summed E-state index contributed by atoms with van der Waals surface area (Å²) in [5, 5.41) is 7.88. The van der Waals surface area contributed by atoms with Gasteiger partial charge in [0.25, 0.3) is 0 Å². The molecular weight excluding hydrogens is 326 g/mol. The summed E-state index contributed by atoms with van der Waals surface area (Å²) in [5.41, 5.74) is 2.95. The van der Waals surface area contributed by atoms with Gasteiger partial charge in [-0.1, -0.05) is 48.9 Å². The van der Waals surface area contributed by atoms with E-state index in [0.717, 1.165) is 17.5 Å². The second-order valence-corrected chi connectivity index (χ2v) is 6.44. The van der Waals surface area contributed by atoms with Crippen LogP contribution in [0.2, 0.25) is 0 Å². The molecule has 3 rings (SSSR count). The van der Waals surface area contributed by atoms with E-state index in [1.165, 1.54) is 11.8 Å². The third-order valence-corrected chi connectivity index (χ3v) is 4.54. The van der Waals surface area contributed by atoms with Crippen molar-refractivity contribution in [2.75, 3.05) is 0 Å². The quantitative estimate of drug-likeness (QED) is 0.742. The molecule has 0 aliphatic heterocycles. The predicted octanol–water partition coefficient (Wildman–Crippen LogP) is 3.36. The van der Waals surface area contributed by atoms with Crippen LogP contribution in [0.5, 0.6) is 0 Å². The molecule has 1 unspecified atom stereocenters. The van der Waals surface area contributed by atoms with Gasteiger partial charge < -0.3 is 5.32 Å². The molecule has 3 aromatic rings. The van der Waals surface area contributed by atoms with Gasteiger partial charge in [-0.15, -0.1) is 0 Å². The highest BCUT2D eigenvalue weighted by Gasteiger charge is 2.13. The number of rotatable bonds is 6. The second kappa shape index (κ2) is 7.95. The van der Waals surface area contributed by atoms with Crippen LogP contribution < -0.4 is 10.7 Å². The van der Waals surface area contributed by atoms with Crippen molar-refractivity contribution in [3.8, 4) is 0 Å². The minimum absolute atomic E-state index is 0.00169. The molecule has 1 N–H and O–H groups in total. The number of amides is 1. The van der Waals surface area contributed by atoms with Crippen molar-refractivity contribution >= 4 is 16.8 Å². The molecule has 26 heavy (non-hydrogen) atoms. The first kappa shape index (κ1) is 17.9. The van der Waals surface area contributed by atoms with E-state index < -0.39 is 0 Å². The smallest absolute Gasteiger partial charge is 0.222 e. The standard InChI is InChI=1S/C21H23N3O2/c1-3-18(16-10-8-15(2)9-11-16)23-21(26)12-13-24-19-7-5-4-6-17(19)20(25)14-22-24/h4-11,14,18H,3,12-13H2,1-2H3,(H,23,26). The molecule has 134 valence electrons. The highest BCUT2D eigenvalue weighted by atomic mass is 16.1. The lowest BCUT2D eigenvalue weighted by Gasteiger charge is -2.18. The van der Waals surface area contributed by atoms with Crippen molar-refractivity contribution in [2.24, 2.45) is 0 Å². The molecule has 0 radical (unpaired) electrons. The number of fused-ring (bicyclic) bond motifs is 1. The van der Waals surface area contributed by atoms with Gasteiger partial charge in [-0.2, -0.15) is 5.10 Å². The fourth-order valence-electron chi connectivity index (χ4n) is 3.03. The number of benzene rings is 2. The Morgan fingerprint density at radius 3 is 2.62 bits per heavy atom. The number of carbonyl (C=O) groups excluding carboxylic acids is 1. The maximum atomic E-state index is 12.4. The molecule has 0 bridgehead atoms. The van der Waals surface area contributed by atoms with Crippen LogP contribution in [0.25, 0.3) is 10.9 Å². The number of nitrogens with one attached hydrogen (secondary N) is 1. The molecule has 1 amide bonds. The monoisotopic (exact) mass is 349 g/mol. The third-order valence-electron chi connectivity index (χ3n) is 4.54. The number of hydrogen-bond donors (Lipinski definition) is 1. The molecule has 5 nitrogen and oxygen atoms in total. The molecule has 0 fully saturated rings. The maximum absolute atomic E-state index is 12.4. The minimum Gasteiger partial charge on any atom is -0.349 e. The normalized spacial score (nSPS) is 12.1. The summed E-state index contributed by atoms with van der Waals surface area (Å²) in [6.45, 7) is 4.53. The first-order valence-corrected chi connectivity index (χ1v) is 8.89. The molecule has 2 aromatic carbocycles. The van der Waals surface area contributed by atoms with E-state index in [9.17, 15) is 9.59 Å². The lowest BCUT2D eigenvalue weighted by atomic mass is 10.0. The van der Waals surface area contributed by atoms with Crippen molar-refractivity contribution in [2.45, 2.75) is 39.3 Å². The number of carbonyl (C=O) groups is 1. The number of nitrogens with zero attached hydrogens (tertiary/aromatic N) is 2. The number of aryl methyl sites for hydroxylation is 2. The highest BCUT2D eigenvalue weighted by Crippen LogP contribution is 2.17. The summed E-state index contributed by atoms with van der Waals surface area (Å²) in [7, 11) is 0. The van der Waals surface area contributed by atoms with Crippen LogP contribution in [0.15, 0.2) is 59.5 Å². The van der Waals surface area contributed by atoms with Gasteiger partial charge >= 0.3 is 0 Å². The molecule has 1 atom stereocenters. The van der Waals surface area contributed by atoms with Gasteiger partial charge in [0, 0.05) is 11.8 Å². The fourth-order valence-corrected chi connectivity index (χ4v) is 3.03. The van der Waals surface area contributed by atoms with Crippen LogP contribution in [0, 0.1) is 6.92 Å². The molecule has 0 aliphatic carbocycles. The van der Waals surface area contributed by atoms with E-state index in [1.54, 1.807) is 10.7 Å². The van der Waals surface area contributed by atoms with Crippen molar-refractivity contribution < 1.29 is 4.79 Å². The van der Waals surface area contributed by atoms with Gasteiger partial charge in [0.05, 0.1) is 24.3 Å². The first-order chi connectivity index (χ1) is 12.6. The lowest BCUT2D eigenvalue weighted by molar-refractivity contribution is -0.122. The van der Waals surface area contributed by atoms with Crippen LogP contribution >= 0.6 is 0 Å². The summed E-state index contributed by atoms with van der Waals surface area (Å²) < 4.78 is 1.71. The first-order valence-electron chi connectivity index (χ1n) is 8.89. The Morgan fingerprint density at radius 2 is 1.88 bits per heavy atom. The topological polar surface area (TPSA) is 64.0 Å². The average molecular weight is 349 g/mol. The van der Waals surface area contributed by atoms with Crippen molar-refractivity contribution in [1.82, 2.24) is 15.1 Å². The zero-order valence-electron chi connectivity index (χ0n) is 15.1. The Bertz CT molecular complexity index is 961. The summed E-state index contributed by atoms with van der Waals surface area (Å²) in [5.74, 6) is -0.0259. The SMILES string of the molecule is CCC(NC(=O)CCn1ncc(=O)c2ccccc21)c1ccc(C)cc1. The van der Waals surface area contributed by atoms with E-state index in [4.69, 9.17) is 0 Å². The van der Waals surface area contributed by atoms with Crippen LogP contribution in [-0.4, -0.2) is 15.7 Å². The van der Waals surface area contributed by atoms with Gasteiger partial charge in [-0.25, -0.2) is 0 Å². The Hall–Kier alpha value is -2.95. The summed E-state index contributed by atoms with van der Waals surface area (Å²) in [6.07, 6.45) is 2.44. The number of aromatic nitrogens is 2. The molecule has 1 aromatic heterocycles. The van der Waals surface area contributed by atoms with Crippen LogP contribution in [0.4, 0.5) is 0 Å². The van der Waals surface area contributed by atoms with E-state index in [0.29, 0.717) is 18.4 Å². The van der Waals surface area contributed by atoms with E-state index in [-0.39, 0.29) is 17.4 Å². The maximum Gasteiger partial charge on any atom is 0.222 e. The molecule has 0 spiro atoms. The van der Waals surface area contributed by atoms with Gasteiger partial charge in [-0.05, 0) is 31.0 Å². The van der Waals surface area contributed by atoms with Gasteiger partial charge in [0.2, 0.25) is 11.3 Å². The predicted molar refractivity (Wildman–Crippen MR) is 103 cm³/mol. The van der Waals surface area contributed by atoms with Crippen molar-refractivity contribution in [1.29, 1.82) is 0 Å². The number of para-hydroxylation sites is 1. The zero-order chi connectivity index (χ0) is 18.5. The summed E-state index contributed by atoms with van der Waals surface area (Å²) >= 11 is 0. The molecular formula is C21H23N3O2. The second-order valence-electron chi connectivity index (χ2n) is 6.44. The van der Waals surface area contributed by atoms with Crippen LogP contribution in [0.3, 0.4) is 0 Å². The summed E-state index contributed by atoms with van der Waals surface area (Å²) in [4.78, 5) is 24.3. The van der Waals surface area contributed by atoms with Gasteiger partial charge in [0.15, 0.2) is 0 Å². The largest absolute Gasteiger partial charge is 0.349 e. The highest BCUT2D eigenvalue weighted by molar-refractivity contribution is 5.79. The zero-order valence-corrected chi connectivity index (χ0v) is 15.1. The third kappa shape index (κ3) is 3.99. The fraction of sp³-hybridized carbons (Fsp3) is 0.286. The minimum atomic E-state index is -0.105. The lowest BCUT2D eigenvalue weighted by Crippen LogP contribution is -2.29. The Balaban J connectivity index is 1.68. The molecule has 1 heterocycles. The van der Waals surface area contributed by atoms with E-state index in [1.807, 2.05) is 25.1 Å². The Kier molecular flexibility index (Phi) is 5.46. The average Bonchev–Trinajstić information content (AvgIpc) is 2.66. The molecule has 0 saturated heterocycles.